The highest BCUT2D eigenvalue weighted by molar-refractivity contribution is 6.03. The summed E-state index contributed by atoms with van der Waals surface area (Å²) in [4.78, 5) is 11.2. The Bertz CT molecular complexity index is 358. The summed E-state index contributed by atoms with van der Waals surface area (Å²) in [6.45, 7) is 7.89. The molecule has 2 rings (SSSR count). The lowest BCUT2D eigenvalue weighted by molar-refractivity contribution is 0.0972. The molecule has 0 atom stereocenters. The monoisotopic (exact) mass is 177 g/mol. The summed E-state index contributed by atoms with van der Waals surface area (Å²) in [6, 6.07) is 3.94. The molecule has 70 valence electrons. The second kappa shape index (κ2) is 3.60. The van der Waals surface area contributed by atoms with Crippen LogP contribution < -0.4 is 0 Å². The molecule has 0 saturated carbocycles. The topological polar surface area (TPSA) is 22.0 Å². The van der Waals surface area contributed by atoms with E-state index in [1.165, 1.54) is 0 Å². The van der Waals surface area contributed by atoms with Gasteiger partial charge in [0.25, 0.3) is 5.91 Å². The minimum Gasteiger partial charge on any atom is -0.281 e. The quantitative estimate of drug-likeness (QED) is 0.597. The van der Waals surface area contributed by atoms with Gasteiger partial charge in [-0.3, -0.25) is 9.36 Å². The second-order valence-corrected chi connectivity index (χ2v) is 2.86. The first-order chi connectivity index (χ1) is 6.20. The summed E-state index contributed by atoms with van der Waals surface area (Å²) in [7, 11) is 0. The van der Waals surface area contributed by atoms with E-state index in [-0.39, 0.29) is 5.91 Å². The van der Waals surface area contributed by atoms with Gasteiger partial charge in [0.2, 0.25) is 0 Å². The van der Waals surface area contributed by atoms with Gasteiger partial charge >= 0.3 is 0 Å². The zero-order chi connectivity index (χ0) is 10.0. The molecule has 2 heteroatoms. The summed E-state index contributed by atoms with van der Waals surface area (Å²) in [5.41, 5.74) is 3.11. The second-order valence-electron chi connectivity index (χ2n) is 2.86. The molecule has 2 heterocycles. The third-order valence-electron chi connectivity index (χ3n) is 2.04. The van der Waals surface area contributed by atoms with Gasteiger partial charge in [-0.1, -0.05) is 13.8 Å². The van der Waals surface area contributed by atoms with Crippen molar-refractivity contribution in [3.8, 4) is 0 Å². The Morgan fingerprint density at radius 2 is 1.77 bits per heavy atom. The van der Waals surface area contributed by atoms with Gasteiger partial charge in [-0.15, -0.1) is 0 Å². The standard InChI is InChI=1S/C9H9NO.C2H6/c1-6-5-9(11)10-7(2)3-4-8(6)10;1-2/h3-5H,1-2H3;1-2H3. The van der Waals surface area contributed by atoms with E-state index >= 15 is 0 Å². The highest BCUT2D eigenvalue weighted by Crippen LogP contribution is 2.23. The van der Waals surface area contributed by atoms with Crippen LogP contribution >= 0.6 is 0 Å². The number of hydrogen-bond acceptors (Lipinski definition) is 1. The van der Waals surface area contributed by atoms with Crippen LogP contribution in [0.2, 0.25) is 0 Å². The summed E-state index contributed by atoms with van der Waals surface area (Å²) >= 11 is 0. The number of carbonyl (C=O) groups excluding carboxylic acids is 1. The number of allylic oxidation sites excluding steroid dienone is 2. The van der Waals surface area contributed by atoms with Crippen LogP contribution in [-0.2, 0) is 0 Å². The number of aromatic nitrogens is 1. The maximum absolute atomic E-state index is 11.2. The zero-order valence-electron chi connectivity index (χ0n) is 8.59. The maximum Gasteiger partial charge on any atom is 0.255 e. The van der Waals surface area contributed by atoms with E-state index in [9.17, 15) is 4.79 Å². The van der Waals surface area contributed by atoms with Gasteiger partial charge in [0.15, 0.2) is 0 Å². The number of carbonyl (C=O) groups is 1. The Morgan fingerprint density at radius 3 is 2.31 bits per heavy atom. The normalized spacial score (nSPS) is 13.2. The Kier molecular flexibility index (Phi) is 2.71. The maximum atomic E-state index is 11.2. The molecule has 2 nitrogen and oxygen atoms in total. The van der Waals surface area contributed by atoms with Crippen molar-refractivity contribution in [2.75, 3.05) is 0 Å². The van der Waals surface area contributed by atoms with E-state index < -0.39 is 0 Å². The number of rotatable bonds is 0. The SMILES string of the molecule is CC.CC1=CC(=O)n2c(C)ccc21. The molecule has 0 saturated heterocycles. The fourth-order valence-electron chi connectivity index (χ4n) is 1.46. The van der Waals surface area contributed by atoms with E-state index in [2.05, 4.69) is 0 Å². The lowest BCUT2D eigenvalue weighted by Crippen LogP contribution is -2.05. The van der Waals surface area contributed by atoms with Crippen LogP contribution in [0.25, 0.3) is 5.57 Å². The predicted octanol–water partition coefficient (Wildman–Crippen LogP) is 2.88. The summed E-state index contributed by atoms with van der Waals surface area (Å²) in [6.07, 6.45) is 1.67. The largest absolute Gasteiger partial charge is 0.281 e. The average Bonchev–Trinajstić information content (AvgIpc) is 2.61. The van der Waals surface area contributed by atoms with Crippen molar-refractivity contribution in [1.82, 2.24) is 4.57 Å². The van der Waals surface area contributed by atoms with Gasteiger partial charge in [0.1, 0.15) is 0 Å². The van der Waals surface area contributed by atoms with Crippen LogP contribution in [0.4, 0.5) is 0 Å². The van der Waals surface area contributed by atoms with Crippen molar-refractivity contribution in [3.63, 3.8) is 0 Å². The molecule has 0 aromatic carbocycles. The van der Waals surface area contributed by atoms with Crippen LogP contribution in [0, 0.1) is 6.92 Å². The fraction of sp³-hybridized carbons (Fsp3) is 0.364. The minimum atomic E-state index is 0.0833. The van der Waals surface area contributed by atoms with E-state index in [4.69, 9.17) is 0 Å². The van der Waals surface area contributed by atoms with Crippen LogP contribution in [0.5, 0.6) is 0 Å². The molecule has 1 aliphatic rings. The van der Waals surface area contributed by atoms with Crippen LogP contribution in [0.1, 0.15) is 37.0 Å². The summed E-state index contributed by atoms with van der Waals surface area (Å²) < 4.78 is 1.73. The van der Waals surface area contributed by atoms with Gasteiger partial charge in [-0.25, -0.2) is 0 Å². The predicted molar refractivity (Wildman–Crippen MR) is 54.8 cm³/mol. The first kappa shape index (κ1) is 9.78. The van der Waals surface area contributed by atoms with Crippen molar-refractivity contribution < 1.29 is 4.79 Å². The Morgan fingerprint density at radius 1 is 1.15 bits per heavy atom. The molecule has 0 fully saturated rings. The smallest absolute Gasteiger partial charge is 0.255 e. The molecule has 0 spiro atoms. The lowest BCUT2D eigenvalue weighted by atomic mass is 10.2. The highest BCUT2D eigenvalue weighted by atomic mass is 16.2. The molecule has 0 aliphatic carbocycles. The molecule has 13 heavy (non-hydrogen) atoms. The fourth-order valence-corrected chi connectivity index (χ4v) is 1.46. The molecule has 0 N–H and O–H groups in total. The average molecular weight is 177 g/mol. The van der Waals surface area contributed by atoms with Crippen molar-refractivity contribution >= 4 is 11.5 Å². The zero-order valence-corrected chi connectivity index (χ0v) is 8.59. The van der Waals surface area contributed by atoms with E-state index in [1.807, 2.05) is 39.8 Å². The molecule has 0 bridgehead atoms. The van der Waals surface area contributed by atoms with Crippen molar-refractivity contribution in [2.24, 2.45) is 0 Å². The third kappa shape index (κ3) is 1.44. The molecule has 0 amide bonds. The molecule has 1 aromatic heterocycles. The van der Waals surface area contributed by atoms with E-state index in [0.29, 0.717) is 0 Å². The molecular weight excluding hydrogens is 162 g/mol. The van der Waals surface area contributed by atoms with Gasteiger partial charge in [-0.05, 0) is 31.6 Å². The number of fused-ring (bicyclic) bond motifs is 1. The molecule has 1 aromatic rings. The van der Waals surface area contributed by atoms with E-state index in [1.54, 1.807) is 10.6 Å². The van der Waals surface area contributed by atoms with Crippen molar-refractivity contribution in [2.45, 2.75) is 27.7 Å². The minimum absolute atomic E-state index is 0.0833. The Balaban J connectivity index is 0.000000396. The van der Waals surface area contributed by atoms with Gasteiger partial charge in [0.05, 0.1) is 5.69 Å². The van der Waals surface area contributed by atoms with Gasteiger partial charge in [0, 0.05) is 11.8 Å². The van der Waals surface area contributed by atoms with Crippen LogP contribution in [-0.4, -0.2) is 10.5 Å². The highest BCUT2D eigenvalue weighted by Gasteiger charge is 2.18. The first-order valence-corrected chi connectivity index (χ1v) is 4.61. The van der Waals surface area contributed by atoms with Crippen LogP contribution in [0.3, 0.4) is 0 Å². The summed E-state index contributed by atoms with van der Waals surface area (Å²) in [5.74, 6) is 0.0833. The summed E-state index contributed by atoms with van der Waals surface area (Å²) in [5, 5.41) is 0. The number of hydrogen-bond donors (Lipinski definition) is 0. The molecule has 0 unspecified atom stereocenters. The third-order valence-corrected chi connectivity index (χ3v) is 2.04. The molecule has 0 radical (unpaired) electrons. The van der Waals surface area contributed by atoms with Gasteiger partial charge in [-0.2, -0.15) is 0 Å². The molecule has 1 aliphatic heterocycles. The van der Waals surface area contributed by atoms with Crippen molar-refractivity contribution in [1.29, 1.82) is 0 Å². The lowest BCUT2D eigenvalue weighted by Gasteiger charge is -1.97. The number of aryl methyl sites for hydroxylation is 1. The van der Waals surface area contributed by atoms with Gasteiger partial charge < -0.3 is 0 Å². The van der Waals surface area contributed by atoms with Crippen LogP contribution in [0.15, 0.2) is 18.2 Å². The number of nitrogens with zero attached hydrogens (tertiary/aromatic N) is 1. The van der Waals surface area contributed by atoms with Crippen molar-refractivity contribution in [3.05, 3.63) is 29.6 Å². The molecular formula is C11H15NO. The van der Waals surface area contributed by atoms with E-state index in [0.717, 1.165) is 17.0 Å². The Hall–Kier alpha value is -1.31. The first-order valence-electron chi connectivity index (χ1n) is 4.61. The Labute approximate surface area is 78.9 Å².